The Morgan fingerprint density at radius 1 is 1.43 bits per heavy atom. The van der Waals surface area contributed by atoms with Crippen molar-refractivity contribution < 1.29 is 13.2 Å². The molecule has 0 bridgehead atoms. The number of halogens is 1. The number of aromatic nitrogens is 1. The summed E-state index contributed by atoms with van der Waals surface area (Å²) in [5, 5.41) is 4.11. The maximum absolute atomic E-state index is 12.4. The molecule has 1 saturated heterocycles. The lowest BCUT2D eigenvalue weighted by atomic mass is 10.1. The first-order valence-electron chi connectivity index (χ1n) is 6.65. The van der Waals surface area contributed by atoms with Crippen LogP contribution in [0.2, 0.25) is 5.02 Å². The van der Waals surface area contributed by atoms with Crippen molar-refractivity contribution >= 4 is 38.2 Å². The predicted octanol–water partition coefficient (Wildman–Crippen LogP) is 2.05. The molecule has 1 aliphatic heterocycles. The number of fused-ring (bicyclic) bond motifs is 1. The number of aromatic amines is 1. The number of carbonyl (C=O) groups excluding carboxylic acids is 1. The van der Waals surface area contributed by atoms with Gasteiger partial charge in [0.2, 0.25) is 0 Å². The molecule has 5 nitrogen and oxygen atoms in total. The number of sulfone groups is 1. The van der Waals surface area contributed by atoms with Gasteiger partial charge in [0.05, 0.1) is 27.6 Å². The van der Waals surface area contributed by atoms with Gasteiger partial charge in [0, 0.05) is 17.1 Å². The lowest BCUT2D eigenvalue weighted by molar-refractivity contribution is 0.0942. The second kappa shape index (κ2) is 5.03. The van der Waals surface area contributed by atoms with Gasteiger partial charge in [-0.25, -0.2) is 8.42 Å². The third-order valence-corrected chi connectivity index (χ3v) is 5.85. The first-order valence-corrected chi connectivity index (χ1v) is 8.85. The Balaban J connectivity index is 1.92. The van der Waals surface area contributed by atoms with Crippen LogP contribution in [0.4, 0.5) is 0 Å². The molecule has 1 fully saturated rings. The van der Waals surface area contributed by atoms with Crippen molar-refractivity contribution in [2.24, 2.45) is 0 Å². The lowest BCUT2D eigenvalue weighted by Crippen LogP contribution is -2.35. The largest absolute Gasteiger partial charge is 0.357 e. The predicted molar refractivity (Wildman–Crippen MR) is 82.6 cm³/mol. The summed E-state index contributed by atoms with van der Waals surface area (Å²) in [6.07, 6.45) is 0.468. The Bertz CT molecular complexity index is 826. The number of para-hydroxylation sites is 1. The van der Waals surface area contributed by atoms with Crippen molar-refractivity contribution in [1.82, 2.24) is 10.3 Å². The van der Waals surface area contributed by atoms with Crippen LogP contribution < -0.4 is 5.32 Å². The smallest absolute Gasteiger partial charge is 0.253 e. The van der Waals surface area contributed by atoms with Crippen LogP contribution in [0.5, 0.6) is 0 Å². The van der Waals surface area contributed by atoms with E-state index in [1.807, 2.05) is 6.07 Å². The minimum atomic E-state index is -3.01. The minimum Gasteiger partial charge on any atom is -0.357 e. The Hall–Kier alpha value is -1.53. The highest BCUT2D eigenvalue weighted by molar-refractivity contribution is 7.91. The molecule has 3 rings (SSSR count). The van der Waals surface area contributed by atoms with Crippen molar-refractivity contribution in [2.45, 2.75) is 19.4 Å². The van der Waals surface area contributed by atoms with Gasteiger partial charge in [-0.05, 0) is 19.4 Å². The summed E-state index contributed by atoms with van der Waals surface area (Å²) in [5.74, 6) is -0.111. The van der Waals surface area contributed by atoms with Crippen LogP contribution in [0.1, 0.15) is 22.5 Å². The zero-order valence-corrected chi connectivity index (χ0v) is 13.0. The Kier molecular flexibility index (Phi) is 3.45. The molecule has 112 valence electrons. The third-order valence-electron chi connectivity index (χ3n) is 3.77. The molecule has 2 N–H and O–H groups in total. The molecular weight excluding hydrogens is 312 g/mol. The summed E-state index contributed by atoms with van der Waals surface area (Å²) in [7, 11) is -3.01. The number of amides is 1. The fourth-order valence-corrected chi connectivity index (χ4v) is 4.67. The molecular formula is C14H15ClN2O3S. The number of hydrogen-bond donors (Lipinski definition) is 2. The number of rotatable bonds is 2. The standard InChI is InChI=1S/C14H15ClN2O3S/c1-8-12(10-3-2-4-11(15)13(10)16-8)14(18)17-9-5-6-21(19,20)7-9/h2-4,9,16H,5-7H2,1H3,(H,17,18). The molecule has 7 heteroatoms. The first-order chi connectivity index (χ1) is 9.87. The zero-order valence-electron chi connectivity index (χ0n) is 11.4. The number of benzene rings is 1. The van der Waals surface area contributed by atoms with Crippen LogP contribution in [0, 0.1) is 6.92 Å². The van der Waals surface area contributed by atoms with Crippen molar-refractivity contribution in [3.63, 3.8) is 0 Å². The highest BCUT2D eigenvalue weighted by Crippen LogP contribution is 2.28. The molecule has 0 saturated carbocycles. The van der Waals surface area contributed by atoms with Gasteiger partial charge in [0.15, 0.2) is 9.84 Å². The maximum atomic E-state index is 12.4. The molecule has 1 atom stereocenters. The van der Waals surface area contributed by atoms with E-state index in [0.717, 1.165) is 16.6 Å². The molecule has 1 unspecified atom stereocenters. The first kappa shape index (κ1) is 14.4. The lowest BCUT2D eigenvalue weighted by Gasteiger charge is -2.10. The van der Waals surface area contributed by atoms with E-state index in [2.05, 4.69) is 10.3 Å². The van der Waals surface area contributed by atoms with Crippen molar-refractivity contribution in [3.05, 3.63) is 34.5 Å². The van der Waals surface area contributed by atoms with Crippen LogP contribution in [0.25, 0.3) is 10.9 Å². The highest BCUT2D eigenvalue weighted by Gasteiger charge is 2.30. The van der Waals surface area contributed by atoms with Crippen LogP contribution in [-0.4, -0.2) is 36.9 Å². The molecule has 2 aromatic rings. The quantitative estimate of drug-likeness (QED) is 0.886. The van der Waals surface area contributed by atoms with Gasteiger partial charge in [-0.2, -0.15) is 0 Å². The summed E-state index contributed by atoms with van der Waals surface area (Å²) in [4.78, 5) is 15.6. The monoisotopic (exact) mass is 326 g/mol. The molecule has 0 radical (unpaired) electrons. The van der Waals surface area contributed by atoms with E-state index in [9.17, 15) is 13.2 Å². The van der Waals surface area contributed by atoms with E-state index >= 15 is 0 Å². The Morgan fingerprint density at radius 3 is 2.86 bits per heavy atom. The zero-order chi connectivity index (χ0) is 15.2. The van der Waals surface area contributed by atoms with Crippen LogP contribution in [0.3, 0.4) is 0 Å². The molecule has 21 heavy (non-hydrogen) atoms. The number of hydrogen-bond acceptors (Lipinski definition) is 3. The second-order valence-electron chi connectivity index (χ2n) is 5.36. The van der Waals surface area contributed by atoms with E-state index in [1.54, 1.807) is 19.1 Å². The SMILES string of the molecule is Cc1[nH]c2c(Cl)cccc2c1C(=O)NC1CCS(=O)(=O)C1. The molecule has 2 heterocycles. The fraction of sp³-hybridized carbons (Fsp3) is 0.357. The number of H-pyrrole nitrogens is 1. The fourth-order valence-electron chi connectivity index (χ4n) is 2.77. The van der Waals surface area contributed by atoms with E-state index < -0.39 is 9.84 Å². The number of nitrogens with one attached hydrogen (secondary N) is 2. The summed E-state index contributed by atoms with van der Waals surface area (Å²) < 4.78 is 22.9. The van der Waals surface area contributed by atoms with E-state index in [1.165, 1.54) is 0 Å². The van der Waals surface area contributed by atoms with Crippen molar-refractivity contribution in [3.8, 4) is 0 Å². The third kappa shape index (κ3) is 2.65. The minimum absolute atomic E-state index is 0.0148. The Labute approximate surface area is 127 Å². The Morgan fingerprint density at radius 2 is 2.19 bits per heavy atom. The summed E-state index contributed by atoms with van der Waals surface area (Å²) in [6.45, 7) is 1.80. The second-order valence-corrected chi connectivity index (χ2v) is 8.00. The topological polar surface area (TPSA) is 79.0 Å². The van der Waals surface area contributed by atoms with Gasteiger partial charge in [0.1, 0.15) is 0 Å². The molecule has 1 aromatic heterocycles. The molecule has 1 amide bonds. The van der Waals surface area contributed by atoms with Crippen LogP contribution in [-0.2, 0) is 9.84 Å². The summed E-state index contributed by atoms with van der Waals surface area (Å²) >= 11 is 6.11. The average molecular weight is 327 g/mol. The molecule has 0 spiro atoms. The summed E-state index contributed by atoms with van der Waals surface area (Å²) in [5.41, 5.74) is 1.97. The van der Waals surface area contributed by atoms with E-state index in [-0.39, 0.29) is 23.5 Å². The van der Waals surface area contributed by atoms with Crippen molar-refractivity contribution in [2.75, 3.05) is 11.5 Å². The van der Waals surface area contributed by atoms with E-state index in [0.29, 0.717) is 17.0 Å². The average Bonchev–Trinajstić information content (AvgIpc) is 2.90. The van der Waals surface area contributed by atoms with Gasteiger partial charge in [-0.1, -0.05) is 23.7 Å². The van der Waals surface area contributed by atoms with E-state index in [4.69, 9.17) is 11.6 Å². The highest BCUT2D eigenvalue weighted by atomic mass is 35.5. The molecule has 0 aliphatic carbocycles. The van der Waals surface area contributed by atoms with Crippen LogP contribution in [0.15, 0.2) is 18.2 Å². The van der Waals surface area contributed by atoms with Gasteiger partial charge in [0.25, 0.3) is 5.91 Å². The molecule has 1 aliphatic rings. The van der Waals surface area contributed by atoms with Crippen LogP contribution >= 0.6 is 11.6 Å². The van der Waals surface area contributed by atoms with Gasteiger partial charge >= 0.3 is 0 Å². The maximum Gasteiger partial charge on any atom is 0.253 e. The van der Waals surface area contributed by atoms with Gasteiger partial charge in [-0.3, -0.25) is 4.79 Å². The molecule has 1 aromatic carbocycles. The van der Waals surface area contributed by atoms with Crippen molar-refractivity contribution in [1.29, 1.82) is 0 Å². The van der Waals surface area contributed by atoms with Gasteiger partial charge < -0.3 is 10.3 Å². The number of carbonyl (C=O) groups is 1. The number of aryl methyl sites for hydroxylation is 1. The summed E-state index contributed by atoms with van der Waals surface area (Å²) in [6, 6.07) is 5.05. The normalized spacial score (nSPS) is 20.8. The van der Waals surface area contributed by atoms with Gasteiger partial charge in [-0.15, -0.1) is 0 Å².